The molecular weight excluding hydrogens is 436 g/mol. The lowest BCUT2D eigenvalue weighted by atomic mass is 9.92. The van der Waals surface area contributed by atoms with Crippen molar-refractivity contribution in [3.05, 3.63) is 77.5 Å². The highest BCUT2D eigenvalue weighted by atomic mass is 16.2. The van der Waals surface area contributed by atoms with Gasteiger partial charge in [-0.15, -0.1) is 0 Å². The molecule has 1 N–H and O–H groups in total. The monoisotopic (exact) mass is 474 g/mol. The number of aryl methyl sites for hydroxylation is 1. The van der Waals surface area contributed by atoms with Crippen LogP contribution in [0.1, 0.15) is 70.7 Å². The lowest BCUT2D eigenvalue weighted by molar-refractivity contribution is -0.137. The van der Waals surface area contributed by atoms with Gasteiger partial charge in [0.15, 0.2) is 0 Å². The number of carbonyl (C=O) groups is 2. The van der Waals surface area contributed by atoms with Gasteiger partial charge in [0.2, 0.25) is 11.8 Å². The number of hydrogen-bond donors (Lipinski definition) is 1. The van der Waals surface area contributed by atoms with Crippen molar-refractivity contribution < 1.29 is 9.59 Å². The van der Waals surface area contributed by atoms with Crippen molar-refractivity contribution in [1.82, 2.24) is 14.7 Å². The molecule has 3 rings (SSSR count). The van der Waals surface area contributed by atoms with Crippen molar-refractivity contribution in [3.63, 3.8) is 0 Å². The number of rotatable bonds is 8. The van der Waals surface area contributed by atoms with E-state index < -0.39 is 0 Å². The second-order valence-electron chi connectivity index (χ2n) is 10.4. The molecule has 2 amide bonds. The molecule has 1 atom stereocenters. The fourth-order valence-electron chi connectivity index (χ4n) is 4.01. The van der Waals surface area contributed by atoms with Gasteiger partial charge in [0.25, 0.3) is 0 Å². The molecule has 0 spiro atoms. The van der Waals surface area contributed by atoms with Gasteiger partial charge in [-0.1, -0.05) is 75.7 Å². The third-order valence-electron chi connectivity index (χ3n) is 6.15. The van der Waals surface area contributed by atoms with Crippen LogP contribution in [0.15, 0.2) is 60.7 Å². The number of nitrogens with one attached hydrogen (secondary N) is 1. The molecule has 6 nitrogen and oxygen atoms in total. The molecule has 0 bridgehead atoms. The second kappa shape index (κ2) is 10.9. The maximum Gasteiger partial charge on any atom is 0.245 e. The summed E-state index contributed by atoms with van der Waals surface area (Å²) in [6.45, 7) is 14.2. The van der Waals surface area contributed by atoms with Crippen LogP contribution in [0.25, 0.3) is 5.69 Å². The normalized spacial score (nSPS) is 12.5. The number of benzene rings is 2. The number of carbonyl (C=O) groups excluding carboxylic acids is 2. The van der Waals surface area contributed by atoms with E-state index >= 15 is 0 Å². The molecule has 0 radical (unpaired) electrons. The molecular formula is C29H38N4O2. The van der Waals surface area contributed by atoms with E-state index in [0.29, 0.717) is 12.2 Å². The van der Waals surface area contributed by atoms with Crippen LogP contribution in [0.4, 0.5) is 5.82 Å². The molecule has 1 unspecified atom stereocenters. The predicted molar refractivity (Wildman–Crippen MR) is 142 cm³/mol. The van der Waals surface area contributed by atoms with Gasteiger partial charge in [0, 0.05) is 17.5 Å². The summed E-state index contributed by atoms with van der Waals surface area (Å²) in [5.41, 5.74) is 3.68. The van der Waals surface area contributed by atoms with Crippen LogP contribution in [-0.4, -0.2) is 39.1 Å². The first-order valence-electron chi connectivity index (χ1n) is 12.3. The SMILES string of the molecule is CCC(C(=O)N(CC(=O)Nc1cc(C(C)(C)C)nn1-c1ccc(C)cc1)C(C)C)c1ccccc1. The molecule has 35 heavy (non-hydrogen) atoms. The molecule has 1 aromatic heterocycles. The third-order valence-corrected chi connectivity index (χ3v) is 6.15. The number of nitrogens with zero attached hydrogens (tertiary/aromatic N) is 3. The van der Waals surface area contributed by atoms with Gasteiger partial charge in [-0.2, -0.15) is 5.10 Å². The van der Waals surface area contributed by atoms with Gasteiger partial charge in [0.1, 0.15) is 12.4 Å². The van der Waals surface area contributed by atoms with Crippen LogP contribution in [0.5, 0.6) is 0 Å². The van der Waals surface area contributed by atoms with Gasteiger partial charge < -0.3 is 10.2 Å². The van der Waals surface area contributed by atoms with E-state index in [-0.39, 0.29) is 35.7 Å². The topological polar surface area (TPSA) is 67.2 Å². The fraction of sp³-hybridized carbons (Fsp3) is 0.414. The molecule has 0 saturated carbocycles. The summed E-state index contributed by atoms with van der Waals surface area (Å²) < 4.78 is 1.76. The summed E-state index contributed by atoms with van der Waals surface area (Å²) in [5.74, 6) is 0.0296. The van der Waals surface area contributed by atoms with E-state index in [9.17, 15) is 9.59 Å². The predicted octanol–water partition coefficient (Wildman–Crippen LogP) is 5.85. The summed E-state index contributed by atoms with van der Waals surface area (Å²) in [7, 11) is 0. The molecule has 6 heteroatoms. The Hall–Kier alpha value is -3.41. The van der Waals surface area contributed by atoms with E-state index in [2.05, 4.69) is 26.1 Å². The lowest BCUT2D eigenvalue weighted by Crippen LogP contribution is -2.44. The fourth-order valence-corrected chi connectivity index (χ4v) is 4.01. The number of anilines is 1. The van der Waals surface area contributed by atoms with Crippen molar-refractivity contribution in [2.45, 2.75) is 72.3 Å². The van der Waals surface area contributed by atoms with E-state index in [1.165, 1.54) is 0 Å². The van der Waals surface area contributed by atoms with Crippen molar-refractivity contribution in [2.75, 3.05) is 11.9 Å². The first-order valence-corrected chi connectivity index (χ1v) is 12.3. The lowest BCUT2D eigenvalue weighted by Gasteiger charge is -2.30. The minimum Gasteiger partial charge on any atom is -0.330 e. The molecule has 0 aliphatic rings. The molecule has 0 fully saturated rings. The van der Waals surface area contributed by atoms with Crippen LogP contribution in [-0.2, 0) is 15.0 Å². The summed E-state index contributed by atoms with van der Waals surface area (Å²) in [4.78, 5) is 28.4. The zero-order valence-electron chi connectivity index (χ0n) is 22.0. The molecule has 1 heterocycles. The first kappa shape index (κ1) is 26.2. The summed E-state index contributed by atoms with van der Waals surface area (Å²) in [5, 5.41) is 7.81. The number of hydrogen-bond acceptors (Lipinski definition) is 3. The highest BCUT2D eigenvalue weighted by Crippen LogP contribution is 2.27. The average molecular weight is 475 g/mol. The zero-order chi connectivity index (χ0) is 25.8. The Morgan fingerprint density at radius 2 is 1.66 bits per heavy atom. The van der Waals surface area contributed by atoms with E-state index in [1.807, 2.05) is 88.4 Å². The smallest absolute Gasteiger partial charge is 0.245 e. The average Bonchev–Trinajstić information content (AvgIpc) is 3.23. The Morgan fingerprint density at radius 3 is 2.20 bits per heavy atom. The maximum absolute atomic E-state index is 13.5. The van der Waals surface area contributed by atoms with E-state index in [4.69, 9.17) is 5.10 Å². The maximum atomic E-state index is 13.5. The standard InChI is InChI=1S/C29H38N4O2/c1-8-24(22-12-10-9-11-13-22)28(35)32(20(2)3)19-27(34)30-26-18-25(29(5,6)7)31-33(26)23-16-14-21(4)15-17-23/h9-18,20,24H,8,19H2,1-7H3,(H,30,34). The summed E-state index contributed by atoms with van der Waals surface area (Å²) >= 11 is 0. The Morgan fingerprint density at radius 1 is 1.03 bits per heavy atom. The summed E-state index contributed by atoms with van der Waals surface area (Å²) in [6, 6.07) is 19.6. The Labute approximate surface area is 209 Å². The van der Waals surface area contributed by atoms with Gasteiger partial charge in [-0.3, -0.25) is 9.59 Å². The number of aromatic nitrogens is 2. The van der Waals surface area contributed by atoms with Crippen LogP contribution in [0.3, 0.4) is 0 Å². The first-order chi connectivity index (χ1) is 16.5. The highest BCUT2D eigenvalue weighted by molar-refractivity contribution is 5.95. The second-order valence-corrected chi connectivity index (χ2v) is 10.4. The van der Waals surface area contributed by atoms with Crippen molar-refractivity contribution in [2.24, 2.45) is 0 Å². The Bertz CT molecular complexity index is 1140. The molecule has 0 saturated heterocycles. The van der Waals surface area contributed by atoms with E-state index in [0.717, 1.165) is 22.5 Å². The van der Waals surface area contributed by atoms with Gasteiger partial charge in [-0.05, 0) is 44.9 Å². The largest absolute Gasteiger partial charge is 0.330 e. The third kappa shape index (κ3) is 6.38. The van der Waals surface area contributed by atoms with Crippen molar-refractivity contribution in [3.8, 4) is 5.69 Å². The summed E-state index contributed by atoms with van der Waals surface area (Å²) in [6.07, 6.45) is 0.669. The van der Waals surface area contributed by atoms with Gasteiger partial charge in [0.05, 0.1) is 17.3 Å². The van der Waals surface area contributed by atoms with Crippen LogP contribution >= 0.6 is 0 Å². The van der Waals surface area contributed by atoms with Crippen molar-refractivity contribution >= 4 is 17.6 Å². The van der Waals surface area contributed by atoms with Crippen LogP contribution in [0, 0.1) is 6.92 Å². The Kier molecular flexibility index (Phi) is 8.15. The highest BCUT2D eigenvalue weighted by Gasteiger charge is 2.28. The molecule has 186 valence electrons. The quantitative estimate of drug-likeness (QED) is 0.445. The van der Waals surface area contributed by atoms with Crippen LogP contribution < -0.4 is 5.32 Å². The Balaban J connectivity index is 1.85. The molecule has 0 aliphatic carbocycles. The number of amides is 2. The zero-order valence-corrected chi connectivity index (χ0v) is 22.0. The van der Waals surface area contributed by atoms with E-state index in [1.54, 1.807) is 9.58 Å². The molecule has 2 aromatic carbocycles. The molecule has 0 aliphatic heterocycles. The molecule has 3 aromatic rings. The van der Waals surface area contributed by atoms with Crippen LogP contribution in [0.2, 0.25) is 0 Å². The van der Waals surface area contributed by atoms with Gasteiger partial charge in [-0.25, -0.2) is 4.68 Å². The minimum atomic E-state index is -0.281. The van der Waals surface area contributed by atoms with Gasteiger partial charge >= 0.3 is 0 Å². The van der Waals surface area contributed by atoms with Crippen molar-refractivity contribution in [1.29, 1.82) is 0 Å². The minimum absolute atomic E-state index is 0.0240.